The second kappa shape index (κ2) is 11.2. The first-order chi connectivity index (χ1) is 18.1. The van der Waals surface area contributed by atoms with E-state index in [4.69, 9.17) is 0 Å². The Bertz CT molecular complexity index is 1360. The maximum Gasteiger partial charge on any atom is 0.193 e. The predicted molar refractivity (Wildman–Crippen MR) is 146 cm³/mol. The molecule has 0 saturated carbocycles. The van der Waals surface area contributed by atoms with Crippen molar-refractivity contribution in [2.45, 2.75) is 32.1 Å². The van der Waals surface area contributed by atoms with Gasteiger partial charge in [-0.05, 0) is 66.8 Å². The number of nitrogens with zero attached hydrogens (tertiary/aromatic N) is 1. The maximum atomic E-state index is 12.9. The Morgan fingerprint density at radius 1 is 0.622 bits per heavy atom. The van der Waals surface area contributed by atoms with Crippen molar-refractivity contribution in [3.05, 3.63) is 125 Å². The number of hydrogen-bond acceptors (Lipinski definition) is 4. The number of carbonyl (C=O) groups excluding carboxylic acids is 3. The summed E-state index contributed by atoms with van der Waals surface area (Å²) in [7, 11) is 0. The minimum Gasteiger partial charge on any atom is -0.372 e. The fourth-order valence-corrected chi connectivity index (χ4v) is 4.80. The zero-order valence-electron chi connectivity index (χ0n) is 20.8. The summed E-state index contributed by atoms with van der Waals surface area (Å²) in [6, 6.07) is 25.8. The number of nitrogens with one attached hydrogen (secondary N) is 1. The van der Waals surface area contributed by atoms with Crippen molar-refractivity contribution in [1.82, 2.24) is 4.98 Å². The van der Waals surface area contributed by atoms with Crippen molar-refractivity contribution in [2.75, 3.05) is 18.0 Å². The third-order valence-electron chi connectivity index (χ3n) is 6.97. The molecule has 1 aliphatic heterocycles. The van der Waals surface area contributed by atoms with Gasteiger partial charge in [0.15, 0.2) is 17.3 Å². The molecular weight excluding hydrogens is 460 g/mol. The van der Waals surface area contributed by atoms with Gasteiger partial charge in [0.1, 0.15) is 0 Å². The highest BCUT2D eigenvalue weighted by molar-refractivity contribution is 6.09. The molecule has 0 atom stereocenters. The Balaban J connectivity index is 1.18. The van der Waals surface area contributed by atoms with Gasteiger partial charge >= 0.3 is 0 Å². The van der Waals surface area contributed by atoms with Crippen LogP contribution in [-0.4, -0.2) is 35.4 Å². The van der Waals surface area contributed by atoms with Crippen molar-refractivity contribution >= 4 is 23.0 Å². The number of carbonyl (C=O) groups is 3. The minimum atomic E-state index is -0.0894. The van der Waals surface area contributed by atoms with Crippen LogP contribution in [0.5, 0.6) is 0 Å². The van der Waals surface area contributed by atoms with E-state index in [1.54, 1.807) is 42.6 Å². The molecule has 0 spiro atoms. The molecule has 1 fully saturated rings. The van der Waals surface area contributed by atoms with Crippen molar-refractivity contribution in [3.63, 3.8) is 0 Å². The fourth-order valence-electron chi connectivity index (χ4n) is 4.80. The third-order valence-corrected chi connectivity index (χ3v) is 6.97. The number of aromatic amines is 1. The molecule has 37 heavy (non-hydrogen) atoms. The monoisotopic (exact) mass is 490 g/mol. The normalized spacial score (nSPS) is 13.4. The number of Topliss-reactive ketones (excluding diaryl/α,β-unsaturated/α-hetero) is 2. The van der Waals surface area contributed by atoms with Crippen molar-refractivity contribution in [1.29, 1.82) is 0 Å². The summed E-state index contributed by atoms with van der Waals surface area (Å²) in [6.07, 6.45) is 6.03. The van der Waals surface area contributed by atoms with Crippen LogP contribution in [0.25, 0.3) is 0 Å². The Morgan fingerprint density at radius 2 is 1.16 bits per heavy atom. The van der Waals surface area contributed by atoms with Gasteiger partial charge in [0.25, 0.3) is 0 Å². The van der Waals surface area contributed by atoms with Gasteiger partial charge in [-0.3, -0.25) is 14.4 Å². The molecule has 1 saturated heterocycles. The van der Waals surface area contributed by atoms with Crippen LogP contribution in [0.1, 0.15) is 67.2 Å². The Kier molecular flexibility index (Phi) is 7.41. The molecule has 2 heterocycles. The van der Waals surface area contributed by atoms with E-state index in [-0.39, 0.29) is 23.8 Å². The summed E-state index contributed by atoms with van der Waals surface area (Å²) < 4.78 is 0. The molecule has 5 nitrogen and oxygen atoms in total. The maximum absolute atomic E-state index is 12.9. The topological polar surface area (TPSA) is 70.2 Å². The van der Waals surface area contributed by atoms with Crippen LogP contribution < -0.4 is 4.90 Å². The summed E-state index contributed by atoms with van der Waals surface area (Å²) in [6.45, 7) is 2.16. The lowest BCUT2D eigenvalue weighted by atomic mass is 9.97. The molecule has 0 bridgehead atoms. The summed E-state index contributed by atoms with van der Waals surface area (Å²) in [5.41, 5.74) is 5.32. The van der Waals surface area contributed by atoms with Gasteiger partial charge in [-0.2, -0.15) is 0 Å². The molecule has 4 aromatic rings. The van der Waals surface area contributed by atoms with E-state index >= 15 is 0 Å². The molecule has 3 aromatic carbocycles. The molecule has 1 aliphatic rings. The van der Waals surface area contributed by atoms with Crippen LogP contribution >= 0.6 is 0 Å². The lowest BCUT2D eigenvalue weighted by Gasteiger charge is -2.28. The zero-order valence-corrected chi connectivity index (χ0v) is 20.8. The fraction of sp³-hybridized carbons (Fsp3) is 0.219. The molecule has 0 radical (unpaired) electrons. The average molecular weight is 491 g/mol. The highest BCUT2D eigenvalue weighted by Crippen LogP contribution is 2.21. The van der Waals surface area contributed by atoms with Crippen LogP contribution in [0.4, 0.5) is 5.69 Å². The van der Waals surface area contributed by atoms with E-state index in [1.807, 2.05) is 48.5 Å². The lowest BCUT2D eigenvalue weighted by Crippen LogP contribution is -2.29. The lowest BCUT2D eigenvalue weighted by molar-refractivity contribution is 0.0982. The number of ketones is 3. The zero-order chi connectivity index (χ0) is 25.6. The van der Waals surface area contributed by atoms with Gasteiger partial charge in [0, 0.05) is 54.5 Å². The van der Waals surface area contributed by atoms with Gasteiger partial charge in [-0.1, -0.05) is 48.5 Å². The van der Waals surface area contributed by atoms with Crippen LogP contribution in [-0.2, 0) is 12.8 Å². The summed E-state index contributed by atoms with van der Waals surface area (Å²) in [5, 5.41) is 0. The summed E-state index contributed by atoms with van der Waals surface area (Å²) in [4.78, 5) is 43.3. The second-order valence-corrected chi connectivity index (χ2v) is 9.60. The number of aromatic nitrogens is 1. The van der Waals surface area contributed by atoms with Crippen molar-refractivity contribution in [3.8, 4) is 0 Å². The van der Waals surface area contributed by atoms with Crippen molar-refractivity contribution in [2.24, 2.45) is 0 Å². The molecule has 5 heteroatoms. The molecule has 186 valence electrons. The number of H-pyrrole nitrogens is 1. The minimum absolute atomic E-state index is 0.00663. The van der Waals surface area contributed by atoms with Crippen LogP contribution in [0.2, 0.25) is 0 Å². The van der Waals surface area contributed by atoms with E-state index in [0.717, 1.165) is 24.2 Å². The van der Waals surface area contributed by atoms with E-state index in [2.05, 4.69) is 9.88 Å². The van der Waals surface area contributed by atoms with Gasteiger partial charge in [-0.25, -0.2) is 0 Å². The molecule has 0 unspecified atom stereocenters. The summed E-state index contributed by atoms with van der Waals surface area (Å²) in [5.74, 6) is -0.0191. The number of piperidine rings is 1. The standard InChI is InChI=1S/C32H30N2O3/c35-30(25-14-16-28(17-15-25)34-19-2-1-3-20-34)21-23-6-10-26(11-7-23)32(37)27-12-8-24(9-13-27)22-31(36)29-5-4-18-33-29/h4-18,33H,1-3,19-22H2. The smallest absolute Gasteiger partial charge is 0.193 e. The van der Waals surface area contributed by atoms with Gasteiger partial charge in [-0.15, -0.1) is 0 Å². The van der Waals surface area contributed by atoms with Crippen LogP contribution in [0.15, 0.2) is 91.1 Å². The van der Waals surface area contributed by atoms with E-state index in [1.165, 1.54) is 24.9 Å². The summed E-state index contributed by atoms with van der Waals surface area (Å²) >= 11 is 0. The van der Waals surface area contributed by atoms with E-state index < -0.39 is 0 Å². The highest BCUT2D eigenvalue weighted by atomic mass is 16.1. The SMILES string of the molecule is O=C(Cc1ccc(C(=O)c2ccc(CC(=O)c3ccc[nH]3)cc2)cc1)c1ccc(N2CCCCC2)cc1. The number of anilines is 1. The molecule has 1 aromatic heterocycles. The van der Waals surface area contributed by atoms with Crippen molar-refractivity contribution < 1.29 is 14.4 Å². The average Bonchev–Trinajstić information content (AvgIpc) is 3.50. The molecule has 0 aliphatic carbocycles. The number of hydrogen-bond donors (Lipinski definition) is 1. The molecule has 0 amide bonds. The van der Waals surface area contributed by atoms with E-state index in [9.17, 15) is 14.4 Å². The van der Waals surface area contributed by atoms with Gasteiger partial charge in [0.05, 0.1) is 5.69 Å². The molecular formula is C32H30N2O3. The number of rotatable bonds is 9. The van der Waals surface area contributed by atoms with Crippen LogP contribution in [0, 0.1) is 0 Å². The van der Waals surface area contributed by atoms with Crippen LogP contribution in [0.3, 0.4) is 0 Å². The Hall–Kier alpha value is -4.25. The first-order valence-electron chi connectivity index (χ1n) is 12.8. The molecule has 1 N–H and O–H groups in total. The van der Waals surface area contributed by atoms with Gasteiger partial charge < -0.3 is 9.88 Å². The predicted octanol–water partition coefficient (Wildman–Crippen LogP) is 6.09. The Labute approximate surface area is 217 Å². The van der Waals surface area contributed by atoms with Gasteiger partial charge in [0.2, 0.25) is 0 Å². The highest BCUT2D eigenvalue weighted by Gasteiger charge is 2.14. The Morgan fingerprint density at radius 3 is 1.70 bits per heavy atom. The molecule has 5 rings (SSSR count). The number of benzene rings is 3. The largest absolute Gasteiger partial charge is 0.372 e. The first-order valence-corrected chi connectivity index (χ1v) is 12.8. The van der Waals surface area contributed by atoms with E-state index in [0.29, 0.717) is 28.8 Å². The quantitative estimate of drug-likeness (QED) is 0.288. The third kappa shape index (κ3) is 5.95. The first kappa shape index (κ1) is 24.4. The second-order valence-electron chi connectivity index (χ2n) is 9.60.